The fraction of sp³-hybridized carbons (Fsp3) is 0.571. The van der Waals surface area contributed by atoms with E-state index in [9.17, 15) is 17.9 Å². The van der Waals surface area contributed by atoms with Crippen molar-refractivity contribution in [1.29, 1.82) is 0 Å². The van der Waals surface area contributed by atoms with Gasteiger partial charge in [0, 0.05) is 12.6 Å². The zero-order valence-electron chi connectivity index (χ0n) is 11.5. The van der Waals surface area contributed by atoms with E-state index >= 15 is 0 Å². The Morgan fingerprint density at radius 3 is 2.80 bits per heavy atom. The van der Waals surface area contributed by atoms with Crippen LogP contribution in [0.4, 0.5) is 4.39 Å². The number of nitrogens with zero attached hydrogens (tertiary/aromatic N) is 1. The lowest BCUT2D eigenvalue weighted by Crippen LogP contribution is -2.38. The maximum atomic E-state index is 13.4. The molecule has 2 rings (SSSR count). The average molecular weight is 301 g/mol. The minimum atomic E-state index is -3.77. The molecule has 0 radical (unpaired) electrons. The number of sulfonamides is 1. The Bertz CT molecular complexity index is 574. The number of hydrogen-bond donors (Lipinski definition) is 1. The molecule has 1 N–H and O–H groups in total. The first-order chi connectivity index (χ1) is 9.46. The van der Waals surface area contributed by atoms with Gasteiger partial charge < -0.3 is 5.11 Å². The van der Waals surface area contributed by atoms with Crippen LogP contribution < -0.4 is 0 Å². The van der Waals surface area contributed by atoms with Crippen LogP contribution in [0.2, 0.25) is 0 Å². The monoisotopic (exact) mass is 301 g/mol. The Labute approximate surface area is 119 Å². The van der Waals surface area contributed by atoms with Crippen molar-refractivity contribution in [2.45, 2.75) is 50.2 Å². The molecule has 20 heavy (non-hydrogen) atoms. The van der Waals surface area contributed by atoms with Gasteiger partial charge in [0.1, 0.15) is 5.82 Å². The summed E-state index contributed by atoms with van der Waals surface area (Å²) in [6.07, 6.45) is 3.63. The fourth-order valence-corrected chi connectivity index (χ4v) is 4.56. The van der Waals surface area contributed by atoms with Crippen LogP contribution in [0.3, 0.4) is 0 Å². The molecule has 1 saturated heterocycles. The van der Waals surface area contributed by atoms with Gasteiger partial charge in [-0.15, -0.1) is 0 Å². The highest BCUT2D eigenvalue weighted by molar-refractivity contribution is 7.89. The maximum absolute atomic E-state index is 13.4. The summed E-state index contributed by atoms with van der Waals surface area (Å²) in [5.41, 5.74) is 0.239. The third kappa shape index (κ3) is 3.02. The van der Waals surface area contributed by atoms with E-state index in [2.05, 4.69) is 0 Å². The molecule has 1 aliphatic heterocycles. The first-order valence-electron chi connectivity index (χ1n) is 6.88. The number of aliphatic hydroxyl groups excluding tert-OH is 1. The Morgan fingerprint density at radius 2 is 2.10 bits per heavy atom. The second kappa shape index (κ2) is 6.20. The van der Waals surface area contributed by atoms with E-state index in [4.69, 9.17) is 0 Å². The first-order valence-corrected chi connectivity index (χ1v) is 8.32. The van der Waals surface area contributed by atoms with E-state index < -0.39 is 22.4 Å². The summed E-state index contributed by atoms with van der Waals surface area (Å²) in [5.74, 6) is -0.608. The van der Waals surface area contributed by atoms with E-state index in [-0.39, 0.29) is 16.5 Å². The maximum Gasteiger partial charge on any atom is 0.243 e. The standard InChI is InChI=1S/C14H20FNO3S/c1-11-5-3-2-4-8-16(11)20(18,19)14-9-13(15)7-6-12(14)10-17/h6-7,9,11,17H,2-5,8,10H2,1H3. The molecule has 1 aromatic rings. The highest BCUT2D eigenvalue weighted by Crippen LogP contribution is 2.27. The first kappa shape index (κ1) is 15.4. The van der Waals surface area contributed by atoms with Crippen LogP contribution in [0, 0.1) is 5.82 Å². The molecule has 1 fully saturated rings. The molecule has 1 unspecified atom stereocenters. The lowest BCUT2D eigenvalue weighted by atomic mass is 10.1. The van der Waals surface area contributed by atoms with E-state index in [1.807, 2.05) is 6.92 Å². The smallest absolute Gasteiger partial charge is 0.243 e. The molecule has 1 aliphatic rings. The fourth-order valence-electron chi connectivity index (χ4n) is 2.63. The molecule has 0 bridgehead atoms. The van der Waals surface area contributed by atoms with Crippen molar-refractivity contribution < 1.29 is 17.9 Å². The van der Waals surface area contributed by atoms with Crippen molar-refractivity contribution in [3.05, 3.63) is 29.6 Å². The van der Waals surface area contributed by atoms with Crippen molar-refractivity contribution in [2.24, 2.45) is 0 Å². The molecule has 0 aliphatic carbocycles. The molecule has 112 valence electrons. The van der Waals surface area contributed by atoms with Gasteiger partial charge in [-0.1, -0.05) is 18.9 Å². The minimum absolute atomic E-state index is 0.0997. The Morgan fingerprint density at radius 1 is 1.35 bits per heavy atom. The quantitative estimate of drug-likeness (QED) is 0.932. The Hall–Kier alpha value is -0.980. The second-order valence-electron chi connectivity index (χ2n) is 5.22. The van der Waals surface area contributed by atoms with Gasteiger partial charge in [-0.05, 0) is 37.5 Å². The Kier molecular flexibility index (Phi) is 4.78. The van der Waals surface area contributed by atoms with Crippen molar-refractivity contribution in [1.82, 2.24) is 4.31 Å². The van der Waals surface area contributed by atoms with Crippen molar-refractivity contribution in [2.75, 3.05) is 6.54 Å². The van der Waals surface area contributed by atoms with Gasteiger partial charge in [0.2, 0.25) is 10.0 Å². The molecule has 1 heterocycles. The number of hydrogen-bond acceptors (Lipinski definition) is 3. The highest BCUT2D eigenvalue weighted by atomic mass is 32.2. The minimum Gasteiger partial charge on any atom is -0.392 e. The lowest BCUT2D eigenvalue weighted by molar-refractivity contribution is 0.277. The third-order valence-corrected chi connectivity index (χ3v) is 5.87. The Balaban J connectivity index is 2.45. The van der Waals surface area contributed by atoms with E-state index in [0.29, 0.717) is 6.54 Å². The van der Waals surface area contributed by atoms with E-state index in [0.717, 1.165) is 37.8 Å². The zero-order valence-corrected chi connectivity index (χ0v) is 12.4. The summed E-state index contributed by atoms with van der Waals surface area (Å²) >= 11 is 0. The SMILES string of the molecule is CC1CCCCCN1S(=O)(=O)c1cc(F)ccc1CO. The van der Waals surface area contributed by atoms with Gasteiger partial charge in [-0.2, -0.15) is 4.31 Å². The number of halogens is 1. The molecule has 1 atom stereocenters. The summed E-state index contributed by atoms with van der Waals surface area (Å²) in [7, 11) is -3.77. The van der Waals surface area contributed by atoms with Crippen LogP contribution in [-0.4, -0.2) is 30.4 Å². The van der Waals surface area contributed by atoms with Crippen LogP contribution in [0.1, 0.15) is 38.2 Å². The largest absolute Gasteiger partial charge is 0.392 e. The molecule has 4 nitrogen and oxygen atoms in total. The van der Waals surface area contributed by atoms with Crippen LogP contribution in [0.25, 0.3) is 0 Å². The predicted molar refractivity (Wildman–Crippen MR) is 74.1 cm³/mol. The third-order valence-electron chi connectivity index (χ3n) is 3.78. The summed E-state index contributed by atoms with van der Waals surface area (Å²) < 4.78 is 40.3. The number of aliphatic hydroxyl groups is 1. The summed E-state index contributed by atoms with van der Waals surface area (Å²) in [6, 6.07) is 3.39. The van der Waals surface area contributed by atoms with Gasteiger partial charge in [0.05, 0.1) is 11.5 Å². The van der Waals surface area contributed by atoms with Crippen molar-refractivity contribution >= 4 is 10.0 Å². The van der Waals surface area contributed by atoms with Crippen LogP contribution >= 0.6 is 0 Å². The summed E-state index contributed by atoms with van der Waals surface area (Å²) in [5, 5.41) is 9.29. The number of benzene rings is 1. The molecule has 0 spiro atoms. The zero-order chi connectivity index (χ0) is 14.8. The normalized spacial score (nSPS) is 21.6. The molecule has 0 amide bonds. The molecule has 0 saturated carbocycles. The second-order valence-corrected chi connectivity index (χ2v) is 7.08. The van der Waals surface area contributed by atoms with Crippen LogP contribution in [0.15, 0.2) is 23.1 Å². The highest BCUT2D eigenvalue weighted by Gasteiger charge is 2.31. The summed E-state index contributed by atoms with van der Waals surface area (Å²) in [4.78, 5) is -0.117. The van der Waals surface area contributed by atoms with Gasteiger partial charge in [-0.25, -0.2) is 12.8 Å². The lowest BCUT2D eigenvalue weighted by Gasteiger charge is -2.27. The summed E-state index contributed by atoms with van der Waals surface area (Å²) in [6.45, 7) is 1.91. The predicted octanol–water partition coefficient (Wildman–Crippen LogP) is 2.27. The van der Waals surface area contributed by atoms with E-state index in [1.54, 1.807) is 0 Å². The molecular formula is C14H20FNO3S. The average Bonchev–Trinajstić information content (AvgIpc) is 2.63. The topological polar surface area (TPSA) is 57.6 Å². The molecule has 6 heteroatoms. The van der Waals surface area contributed by atoms with Gasteiger partial charge >= 0.3 is 0 Å². The molecular weight excluding hydrogens is 281 g/mol. The van der Waals surface area contributed by atoms with Gasteiger partial charge in [-0.3, -0.25) is 0 Å². The van der Waals surface area contributed by atoms with Crippen molar-refractivity contribution in [3.8, 4) is 0 Å². The number of rotatable bonds is 3. The van der Waals surface area contributed by atoms with Crippen molar-refractivity contribution in [3.63, 3.8) is 0 Å². The van der Waals surface area contributed by atoms with Gasteiger partial charge in [0.25, 0.3) is 0 Å². The van der Waals surface area contributed by atoms with Crippen LogP contribution in [0.5, 0.6) is 0 Å². The molecule has 1 aromatic carbocycles. The molecule has 0 aromatic heterocycles. The van der Waals surface area contributed by atoms with Crippen LogP contribution in [-0.2, 0) is 16.6 Å². The van der Waals surface area contributed by atoms with Gasteiger partial charge in [0.15, 0.2) is 0 Å². The van der Waals surface area contributed by atoms with E-state index in [1.165, 1.54) is 10.4 Å².